The lowest BCUT2D eigenvalue weighted by Gasteiger charge is -2.38. The van der Waals surface area contributed by atoms with E-state index >= 15 is 0 Å². The third-order valence-electron chi connectivity index (χ3n) is 6.55. The van der Waals surface area contributed by atoms with Gasteiger partial charge in [0.15, 0.2) is 11.5 Å². The first-order valence-electron chi connectivity index (χ1n) is 12.8. The molecule has 3 aromatic rings. The van der Waals surface area contributed by atoms with E-state index in [1.54, 1.807) is 31.3 Å². The highest BCUT2D eigenvalue weighted by Gasteiger charge is 2.35. The number of amides is 1. The second-order valence-electron chi connectivity index (χ2n) is 10.7. The number of para-hydroxylation sites is 1. The molecule has 1 N–H and O–H groups in total. The van der Waals surface area contributed by atoms with Gasteiger partial charge in [-0.2, -0.15) is 0 Å². The number of fused-ring (bicyclic) bond motifs is 1. The van der Waals surface area contributed by atoms with Crippen LogP contribution in [0.25, 0.3) is 11.1 Å². The lowest BCUT2D eigenvalue weighted by Crippen LogP contribution is -2.43. The van der Waals surface area contributed by atoms with Gasteiger partial charge in [0.05, 0.1) is 32.2 Å². The predicted molar refractivity (Wildman–Crippen MR) is 153 cm³/mol. The van der Waals surface area contributed by atoms with Gasteiger partial charge in [0.1, 0.15) is 5.60 Å². The molecule has 1 atom stereocenters. The molecule has 3 aromatic carbocycles. The third kappa shape index (κ3) is 6.84. The molecule has 0 aliphatic carbocycles. The lowest BCUT2D eigenvalue weighted by molar-refractivity contribution is 0.0141. The Morgan fingerprint density at radius 1 is 1.00 bits per heavy atom. The first kappa shape index (κ1) is 28.3. The highest BCUT2D eigenvalue weighted by atomic mass is 32.2. The Hall–Kier alpha value is -3.72. The molecule has 39 heavy (non-hydrogen) atoms. The summed E-state index contributed by atoms with van der Waals surface area (Å²) in [4.78, 5) is 15.1. The molecule has 0 spiro atoms. The van der Waals surface area contributed by atoms with E-state index in [2.05, 4.69) is 4.72 Å². The van der Waals surface area contributed by atoms with Crippen molar-refractivity contribution < 1.29 is 27.4 Å². The minimum absolute atomic E-state index is 0.270. The van der Waals surface area contributed by atoms with Crippen molar-refractivity contribution in [3.05, 3.63) is 77.4 Å². The quantitative estimate of drug-likeness (QED) is 0.397. The summed E-state index contributed by atoms with van der Waals surface area (Å²) in [6.07, 6.45) is 2.01. The van der Waals surface area contributed by atoms with Gasteiger partial charge in [-0.25, -0.2) is 13.2 Å². The smallest absolute Gasteiger partial charge is 0.410 e. The van der Waals surface area contributed by atoms with Gasteiger partial charge in [-0.05, 0) is 74.1 Å². The highest BCUT2D eigenvalue weighted by Crippen LogP contribution is 2.40. The molecule has 1 heterocycles. The van der Waals surface area contributed by atoms with Crippen molar-refractivity contribution in [2.45, 2.75) is 45.3 Å². The number of benzene rings is 3. The molecule has 1 aliphatic heterocycles. The highest BCUT2D eigenvalue weighted by molar-refractivity contribution is 7.92. The van der Waals surface area contributed by atoms with Gasteiger partial charge in [-0.3, -0.25) is 4.72 Å². The van der Waals surface area contributed by atoms with E-state index in [0.717, 1.165) is 34.1 Å². The number of anilines is 1. The molecule has 1 amide bonds. The van der Waals surface area contributed by atoms with Crippen LogP contribution >= 0.6 is 0 Å². The summed E-state index contributed by atoms with van der Waals surface area (Å²) < 4.78 is 43.1. The van der Waals surface area contributed by atoms with Crippen LogP contribution in [0.2, 0.25) is 0 Å². The Balaban J connectivity index is 1.69. The largest absolute Gasteiger partial charge is 0.493 e. The summed E-state index contributed by atoms with van der Waals surface area (Å²) in [5.41, 5.74) is 4.69. The lowest BCUT2D eigenvalue weighted by atomic mass is 9.88. The standard InChI is InChI=1S/C30H36N2O6S/c1-30(2,3)38-29(33)32-16-15-22-18-27(36-4)28(37-5)19-24(22)26(32)17-20-11-13-21(14-12-20)23-9-7-8-10-25(23)31-39(6,34)35/h7-14,18-19,26,31H,15-17H2,1-6H3. The number of hydrogen-bond donors (Lipinski definition) is 1. The van der Waals surface area contributed by atoms with Crippen LogP contribution in [-0.2, 0) is 27.6 Å². The van der Waals surface area contributed by atoms with Crippen molar-refractivity contribution in [3.8, 4) is 22.6 Å². The summed E-state index contributed by atoms with van der Waals surface area (Å²) in [6, 6.07) is 18.9. The van der Waals surface area contributed by atoms with Crippen molar-refractivity contribution >= 4 is 21.8 Å². The topological polar surface area (TPSA) is 94.2 Å². The average Bonchev–Trinajstić information content (AvgIpc) is 2.87. The maximum absolute atomic E-state index is 13.3. The molecular formula is C30H36N2O6S. The fourth-order valence-corrected chi connectivity index (χ4v) is 5.43. The Bertz CT molecular complexity index is 1450. The van der Waals surface area contributed by atoms with Crippen molar-refractivity contribution in [1.82, 2.24) is 4.90 Å². The van der Waals surface area contributed by atoms with Gasteiger partial charge in [0.2, 0.25) is 10.0 Å². The van der Waals surface area contributed by atoms with Gasteiger partial charge in [0.25, 0.3) is 0 Å². The van der Waals surface area contributed by atoms with Crippen LogP contribution in [0.5, 0.6) is 11.5 Å². The van der Waals surface area contributed by atoms with E-state index in [4.69, 9.17) is 14.2 Å². The van der Waals surface area contributed by atoms with Gasteiger partial charge in [-0.15, -0.1) is 0 Å². The Morgan fingerprint density at radius 2 is 1.64 bits per heavy atom. The van der Waals surface area contributed by atoms with E-state index in [1.165, 1.54) is 0 Å². The summed E-state index contributed by atoms with van der Waals surface area (Å²) in [5, 5.41) is 0. The first-order valence-corrected chi connectivity index (χ1v) is 14.7. The summed E-state index contributed by atoms with van der Waals surface area (Å²) in [5.74, 6) is 1.27. The summed E-state index contributed by atoms with van der Waals surface area (Å²) in [7, 11) is -0.206. The monoisotopic (exact) mass is 552 g/mol. The van der Waals surface area contributed by atoms with Crippen LogP contribution in [0.3, 0.4) is 0 Å². The molecule has 0 radical (unpaired) electrons. The number of methoxy groups -OCH3 is 2. The number of nitrogens with zero attached hydrogens (tertiary/aromatic N) is 1. The van der Waals surface area contributed by atoms with E-state index in [-0.39, 0.29) is 12.1 Å². The molecule has 1 aliphatic rings. The molecule has 0 saturated heterocycles. The molecular weight excluding hydrogens is 516 g/mol. The van der Waals surface area contributed by atoms with Crippen LogP contribution in [0.1, 0.15) is 43.5 Å². The maximum atomic E-state index is 13.3. The first-order chi connectivity index (χ1) is 18.4. The van der Waals surface area contributed by atoms with Crippen LogP contribution in [-0.4, -0.2) is 52.0 Å². The SMILES string of the molecule is COc1cc2c(cc1OC)C(Cc1ccc(-c3ccccc3NS(C)(=O)=O)cc1)N(C(=O)OC(C)(C)C)CC2. The fourth-order valence-electron chi connectivity index (χ4n) is 4.85. The van der Waals surface area contributed by atoms with Crippen LogP contribution < -0.4 is 14.2 Å². The zero-order chi connectivity index (χ0) is 28.4. The van der Waals surface area contributed by atoms with Gasteiger partial charge >= 0.3 is 6.09 Å². The molecule has 9 heteroatoms. The molecule has 8 nitrogen and oxygen atoms in total. The Kier molecular flexibility index (Phi) is 8.11. The van der Waals surface area contributed by atoms with Crippen LogP contribution in [0.15, 0.2) is 60.7 Å². The van der Waals surface area contributed by atoms with Gasteiger partial charge < -0.3 is 19.1 Å². The molecule has 0 saturated carbocycles. The Morgan fingerprint density at radius 3 is 2.26 bits per heavy atom. The summed E-state index contributed by atoms with van der Waals surface area (Å²) in [6.45, 7) is 6.10. The van der Waals surface area contributed by atoms with Crippen molar-refractivity contribution in [1.29, 1.82) is 0 Å². The number of nitrogens with one attached hydrogen (secondary N) is 1. The van der Waals surface area contributed by atoms with E-state index < -0.39 is 15.6 Å². The average molecular weight is 553 g/mol. The molecule has 0 fully saturated rings. The minimum Gasteiger partial charge on any atom is -0.493 e. The van der Waals surface area contributed by atoms with E-state index in [1.807, 2.05) is 69.3 Å². The molecule has 208 valence electrons. The summed E-state index contributed by atoms with van der Waals surface area (Å²) >= 11 is 0. The predicted octanol–water partition coefficient (Wildman–Crippen LogP) is 5.82. The number of sulfonamides is 1. The van der Waals surface area contributed by atoms with E-state index in [0.29, 0.717) is 36.6 Å². The molecule has 0 bridgehead atoms. The van der Waals surface area contributed by atoms with E-state index in [9.17, 15) is 13.2 Å². The van der Waals surface area contributed by atoms with Crippen LogP contribution in [0, 0.1) is 0 Å². The second-order valence-corrected chi connectivity index (χ2v) is 12.4. The number of ether oxygens (including phenoxy) is 3. The number of carbonyl (C=O) groups is 1. The molecule has 0 aromatic heterocycles. The zero-order valence-corrected chi connectivity index (χ0v) is 24.1. The van der Waals surface area contributed by atoms with Crippen molar-refractivity contribution in [3.63, 3.8) is 0 Å². The van der Waals surface area contributed by atoms with Gasteiger partial charge in [0, 0.05) is 12.1 Å². The van der Waals surface area contributed by atoms with Gasteiger partial charge in [-0.1, -0.05) is 42.5 Å². The van der Waals surface area contributed by atoms with Crippen molar-refractivity contribution in [2.75, 3.05) is 31.7 Å². The normalized spacial score (nSPS) is 15.3. The second kappa shape index (κ2) is 11.2. The Labute approximate surface area is 230 Å². The fraction of sp³-hybridized carbons (Fsp3) is 0.367. The zero-order valence-electron chi connectivity index (χ0n) is 23.3. The number of hydrogen-bond acceptors (Lipinski definition) is 6. The number of rotatable bonds is 7. The number of carbonyl (C=O) groups excluding carboxylic acids is 1. The molecule has 1 unspecified atom stereocenters. The van der Waals surface area contributed by atoms with Crippen LogP contribution in [0.4, 0.5) is 10.5 Å². The molecule has 4 rings (SSSR count). The maximum Gasteiger partial charge on any atom is 0.410 e. The van der Waals surface area contributed by atoms with Crippen molar-refractivity contribution in [2.24, 2.45) is 0 Å². The third-order valence-corrected chi connectivity index (χ3v) is 7.14. The minimum atomic E-state index is -3.42.